The third kappa shape index (κ3) is 3.32. The average molecular weight is 368 g/mol. The van der Waals surface area contributed by atoms with Crippen LogP contribution in [-0.4, -0.2) is 47.0 Å². The quantitative estimate of drug-likeness (QED) is 0.697. The van der Waals surface area contributed by atoms with Crippen molar-refractivity contribution in [1.29, 1.82) is 0 Å². The third-order valence-electron chi connectivity index (χ3n) is 4.75. The number of amides is 1. The molecule has 1 aliphatic rings. The van der Waals surface area contributed by atoms with Gasteiger partial charge in [-0.2, -0.15) is 0 Å². The summed E-state index contributed by atoms with van der Waals surface area (Å²) >= 11 is 0. The first-order valence-electron chi connectivity index (χ1n) is 8.75. The molecule has 27 heavy (non-hydrogen) atoms. The van der Waals surface area contributed by atoms with Gasteiger partial charge in [-0.3, -0.25) is 4.79 Å². The van der Waals surface area contributed by atoms with Crippen LogP contribution in [0.2, 0.25) is 0 Å². The van der Waals surface area contributed by atoms with E-state index < -0.39 is 17.5 Å². The van der Waals surface area contributed by atoms with Crippen LogP contribution in [-0.2, 0) is 0 Å². The van der Waals surface area contributed by atoms with Crippen LogP contribution in [0, 0.1) is 18.6 Å². The van der Waals surface area contributed by atoms with Crippen LogP contribution in [0.15, 0.2) is 42.5 Å². The summed E-state index contributed by atoms with van der Waals surface area (Å²) in [4.78, 5) is 25.5. The summed E-state index contributed by atoms with van der Waals surface area (Å²) in [5, 5.41) is 0. The molecule has 0 radical (unpaired) electrons. The molecule has 7 heteroatoms. The molecule has 1 aliphatic heterocycles. The van der Waals surface area contributed by atoms with Crippen molar-refractivity contribution in [2.24, 2.45) is 0 Å². The van der Waals surface area contributed by atoms with E-state index in [0.717, 1.165) is 34.7 Å². The first kappa shape index (κ1) is 17.3. The summed E-state index contributed by atoms with van der Waals surface area (Å²) < 4.78 is 26.9. The number of nitrogens with zero attached hydrogens (tertiary/aromatic N) is 4. The number of piperazine rings is 1. The van der Waals surface area contributed by atoms with Gasteiger partial charge in [-0.1, -0.05) is 12.1 Å². The van der Waals surface area contributed by atoms with Gasteiger partial charge < -0.3 is 9.80 Å². The highest BCUT2D eigenvalue weighted by atomic mass is 19.1. The molecule has 1 amide bonds. The summed E-state index contributed by atoms with van der Waals surface area (Å²) in [6.45, 7) is 3.93. The van der Waals surface area contributed by atoms with Gasteiger partial charge in [-0.05, 0) is 31.2 Å². The molecular formula is C20H18F2N4O. The predicted octanol–water partition coefficient (Wildman–Crippen LogP) is 3.18. The van der Waals surface area contributed by atoms with Crippen molar-refractivity contribution < 1.29 is 13.6 Å². The molecule has 0 atom stereocenters. The van der Waals surface area contributed by atoms with E-state index in [1.165, 1.54) is 6.07 Å². The van der Waals surface area contributed by atoms with E-state index in [4.69, 9.17) is 4.98 Å². The van der Waals surface area contributed by atoms with Crippen molar-refractivity contribution in [1.82, 2.24) is 14.9 Å². The van der Waals surface area contributed by atoms with Crippen molar-refractivity contribution in [2.75, 3.05) is 31.1 Å². The van der Waals surface area contributed by atoms with E-state index in [-0.39, 0.29) is 5.56 Å². The summed E-state index contributed by atoms with van der Waals surface area (Å²) in [7, 11) is 0. The van der Waals surface area contributed by atoms with Crippen LogP contribution in [0.4, 0.5) is 14.6 Å². The molecule has 0 saturated carbocycles. The number of anilines is 1. The zero-order valence-electron chi connectivity index (χ0n) is 14.8. The highest BCUT2D eigenvalue weighted by Crippen LogP contribution is 2.22. The minimum atomic E-state index is -0.835. The Bertz CT molecular complexity index is 1020. The van der Waals surface area contributed by atoms with Crippen molar-refractivity contribution in [2.45, 2.75) is 6.92 Å². The number of aryl methyl sites for hydroxylation is 1. The van der Waals surface area contributed by atoms with Gasteiger partial charge in [0, 0.05) is 32.2 Å². The van der Waals surface area contributed by atoms with Crippen LogP contribution in [0.1, 0.15) is 16.1 Å². The zero-order valence-corrected chi connectivity index (χ0v) is 14.8. The van der Waals surface area contributed by atoms with Crippen LogP contribution < -0.4 is 4.90 Å². The summed E-state index contributed by atoms with van der Waals surface area (Å²) in [5.74, 6) is -1.15. The fourth-order valence-electron chi connectivity index (χ4n) is 3.33. The number of rotatable bonds is 2. The first-order valence-corrected chi connectivity index (χ1v) is 8.75. The Kier molecular flexibility index (Phi) is 4.43. The van der Waals surface area contributed by atoms with Gasteiger partial charge in [0.2, 0.25) is 0 Å². The predicted molar refractivity (Wildman–Crippen MR) is 98.7 cm³/mol. The molecule has 0 unspecified atom stereocenters. The molecule has 138 valence electrons. The van der Waals surface area contributed by atoms with Crippen LogP contribution in [0.25, 0.3) is 11.0 Å². The molecule has 0 N–H and O–H groups in total. The number of carbonyl (C=O) groups excluding carboxylic acids is 1. The Hall–Kier alpha value is -3.09. The average Bonchev–Trinajstić information content (AvgIpc) is 2.67. The highest BCUT2D eigenvalue weighted by molar-refractivity contribution is 5.94. The number of hydrogen-bond acceptors (Lipinski definition) is 4. The minimum Gasteiger partial charge on any atom is -0.352 e. The summed E-state index contributed by atoms with van der Waals surface area (Å²) in [6.07, 6.45) is 0. The molecule has 1 saturated heterocycles. The van der Waals surface area contributed by atoms with Crippen LogP contribution in [0.5, 0.6) is 0 Å². The van der Waals surface area contributed by atoms with Crippen molar-refractivity contribution in [3.63, 3.8) is 0 Å². The molecular weight excluding hydrogens is 350 g/mol. The minimum absolute atomic E-state index is 0.105. The number of aromatic nitrogens is 2. The van der Waals surface area contributed by atoms with E-state index in [1.54, 1.807) is 4.90 Å². The van der Waals surface area contributed by atoms with E-state index in [9.17, 15) is 13.6 Å². The Labute approximate surface area is 155 Å². The van der Waals surface area contributed by atoms with Crippen LogP contribution in [0.3, 0.4) is 0 Å². The Balaban J connectivity index is 1.50. The van der Waals surface area contributed by atoms with Crippen molar-refractivity contribution in [3.8, 4) is 0 Å². The molecule has 0 bridgehead atoms. The number of halogens is 2. The molecule has 0 spiro atoms. The second kappa shape index (κ2) is 6.90. The Morgan fingerprint density at radius 1 is 0.963 bits per heavy atom. The topological polar surface area (TPSA) is 49.3 Å². The standard InChI is InChI=1S/C20H18F2N4O/c1-13-19(24-18-5-3-2-4-17(18)23-13)25-8-10-26(11-9-25)20(27)15-7-6-14(21)12-16(15)22/h2-7,12H,8-11H2,1H3. The second-order valence-electron chi connectivity index (χ2n) is 6.52. The smallest absolute Gasteiger partial charge is 0.256 e. The highest BCUT2D eigenvalue weighted by Gasteiger charge is 2.26. The SMILES string of the molecule is Cc1nc2ccccc2nc1N1CCN(C(=O)c2ccc(F)cc2F)CC1. The Morgan fingerprint density at radius 3 is 2.30 bits per heavy atom. The number of hydrogen-bond donors (Lipinski definition) is 0. The molecule has 1 aromatic heterocycles. The number of fused-ring (bicyclic) bond motifs is 1. The molecule has 2 aromatic carbocycles. The first-order chi connectivity index (χ1) is 13.0. The van der Waals surface area contributed by atoms with Gasteiger partial charge in [-0.25, -0.2) is 18.7 Å². The molecule has 5 nitrogen and oxygen atoms in total. The van der Waals surface area contributed by atoms with Gasteiger partial charge in [0.25, 0.3) is 5.91 Å². The van der Waals surface area contributed by atoms with E-state index in [2.05, 4.69) is 9.88 Å². The lowest BCUT2D eigenvalue weighted by Crippen LogP contribution is -2.49. The largest absolute Gasteiger partial charge is 0.352 e. The zero-order chi connectivity index (χ0) is 19.0. The van der Waals surface area contributed by atoms with E-state index in [0.29, 0.717) is 26.2 Å². The van der Waals surface area contributed by atoms with Gasteiger partial charge >= 0.3 is 0 Å². The molecule has 0 aliphatic carbocycles. The number of carbonyl (C=O) groups is 1. The lowest BCUT2D eigenvalue weighted by Gasteiger charge is -2.36. The number of benzene rings is 2. The van der Waals surface area contributed by atoms with Gasteiger partial charge in [0.15, 0.2) is 5.82 Å². The summed E-state index contributed by atoms with van der Waals surface area (Å²) in [5.41, 5.74) is 2.40. The maximum absolute atomic E-state index is 13.9. The van der Waals surface area contributed by atoms with Gasteiger partial charge in [0.1, 0.15) is 11.6 Å². The number of para-hydroxylation sites is 2. The van der Waals surface area contributed by atoms with Crippen LogP contribution >= 0.6 is 0 Å². The Morgan fingerprint density at radius 2 is 1.63 bits per heavy atom. The fraction of sp³-hybridized carbons (Fsp3) is 0.250. The maximum Gasteiger partial charge on any atom is 0.256 e. The lowest BCUT2D eigenvalue weighted by atomic mass is 10.1. The normalized spacial score (nSPS) is 14.6. The van der Waals surface area contributed by atoms with Gasteiger partial charge in [0.05, 0.1) is 22.3 Å². The third-order valence-corrected chi connectivity index (χ3v) is 4.75. The van der Waals surface area contributed by atoms with Crippen molar-refractivity contribution in [3.05, 3.63) is 65.4 Å². The van der Waals surface area contributed by atoms with Crippen molar-refractivity contribution >= 4 is 22.8 Å². The molecule has 4 rings (SSSR count). The van der Waals surface area contributed by atoms with Gasteiger partial charge in [-0.15, -0.1) is 0 Å². The van der Waals surface area contributed by atoms with E-state index in [1.807, 2.05) is 31.2 Å². The van der Waals surface area contributed by atoms with E-state index >= 15 is 0 Å². The molecule has 1 fully saturated rings. The summed E-state index contributed by atoms with van der Waals surface area (Å²) in [6, 6.07) is 10.7. The monoisotopic (exact) mass is 368 g/mol. The lowest BCUT2D eigenvalue weighted by molar-refractivity contribution is 0.0741. The maximum atomic E-state index is 13.9. The molecule has 3 aromatic rings. The molecule has 2 heterocycles. The fourth-order valence-corrected chi connectivity index (χ4v) is 3.33. The second-order valence-corrected chi connectivity index (χ2v) is 6.52.